The number of benzene rings is 2. The van der Waals surface area contributed by atoms with Crippen LogP contribution in [0.5, 0.6) is 0 Å². The van der Waals surface area contributed by atoms with Crippen molar-refractivity contribution in [3.63, 3.8) is 0 Å². The number of anilines is 1. The number of pyridine rings is 1. The Labute approximate surface area is 185 Å². The first kappa shape index (κ1) is 19.9. The maximum atomic E-state index is 13.8. The van der Waals surface area contributed by atoms with E-state index in [2.05, 4.69) is 34.1 Å². The number of nitrogen functional groups attached to an aromatic ring is 1. The molecule has 0 aliphatic heterocycles. The highest BCUT2D eigenvalue weighted by Crippen LogP contribution is 2.25. The van der Waals surface area contributed by atoms with Gasteiger partial charge in [0, 0.05) is 5.69 Å². The van der Waals surface area contributed by atoms with Crippen LogP contribution in [0, 0.1) is 13.8 Å². The van der Waals surface area contributed by atoms with Gasteiger partial charge in [0.25, 0.3) is 5.56 Å². The molecule has 0 saturated carbocycles. The van der Waals surface area contributed by atoms with Gasteiger partial charge in [0.1, 0.15) is 12.1 Å². The zero-order valence-electron chi connectivity index (χ0n) is 18.3. The summed E-state index contributed by atoms with van der Waals surface area (Å²) < 4.78 is 3.62. The molecule has 3 heterocycles. The Hall–Kier alpha value is -4.00. The van der Waals surface area contributed by atoms with Crippen molar-refractivity contribution in [3.8, 4) is 5.69 Å². The Morgan fingerprint density at radius 3 is 2.62 bits per heavy atom. The lowest BCUT2D eigenvalue weighted by Crippen LogP contribution is -2.25. The molecule has 0 radical (unpaired) electrons. The third kappa shape index (κ3) is 3.05. The van der Waals surface area contributed by atoms with E-state index in [1.807, 2.05) is 54.8 Å². The Bertz CT molecular complexity index is 1550. The maximum absolute atomic E-state index is 13.8. The molecule has 0 amide bonds. The van der Waals surface area contributed by atoms with E-state index in [9.17, 15) is 4.79 Å². The van der Waals surface area contributed by atoms with Crippen LogP contribution in [0.1, 0.15) is 29.4 Å². The summed E-state index contributed by atoms with van der Waals surface area (Å²) in [4.78, 5) is 22.4. The van der Waals surface area contributed by atoms with Crippen LogP contribution in [0.3, 0.4) is 0 Å². The second kappa shape index (κ2) is 7.60. The van der Waals surface area contributed by atoms with E-state index in [0.717, 1.165) is 50.8 Å². The van der Waals surface area contributed by atoms with E-state index in [1.165, 1.54) is 6.33 Å². The standard InChI is InChI=1S/C25H24N6O/c1-4-17-9-5-6-11-20(17)31-19(12-18-10-7-8-15(2)21(18)25(31)32)13-30-24-22(16(3)29-30)23(26)27-14-28-24/h5-12,14H,4,13H2,1-3H3,(H2,26,27,28). The summed E-state index contributed by atoms with van der Waals surface area (Å²) in [5.74, 6) is 0.404. The summed E-state index contributed by atoms with van der Waals surface area (Å²) in [5.41, 5.74) is 11.3. The van der Waals surface area contributed by atoms with Crippen LogP contribution >= 0.6 is 0 Å². The minimum absolute atomic E-state index is 0.0289. The predicted octanol–water partition coefficient (Wildman–Crippen LogP) is 3.94. The van der Waals surface area contributed by atoms with Gasteiger partial charge in [0.05, 0.1) is 28.7 Å². The molecule has 5 aromatic rings. The van der Waals surface area contributed by atoms with Crippen molar-refractivity contribution in [2.24, 2.45) is 0 Å². The molecule has 0 fully saturated rings. The van der Waals surface area contributed by atoms with Crippen LogP contribution in [-0.4, -0.2) is 24.3 Å². The van der Waals surface area contributed by atoms with E-state index in [0.29, 0.717) is 18.0 Å². The van der Waals surface area contributed by atoms with Crippen molar-refractivity contribution in [3.05, 3.63) is 87.7 Å². The topological polar surface area (TPSA) is 91.6 Å². The van der Waals surface area contributed by atoms with Crippen LogP contribution in [0.4, 0.5) is 5.82 Å². The summed E-state index contributed by atoms with van der Waals surface area (Å²) in [6.45, 7) is 6.34. The van der Waals surface area contributed by atoms with Crippen LogP contribution < -0.4 is 11.3 Å². The van der Waals surface area contributed by atoms with Crippen molar-refractivity contribution in [2.75, 3.05) is 5.73 Å². The van der Waals surface area contributed by atoms with Crippen LogP contribution in [0.25, 0.3) is 27.5 Å². The molecule has 0 aliphatic rings. The Kier molecular flexibility index (Phi) is 4.74. The van der Waals surface area contributed by atoms with Crippen molar-refractivity contribution >= 4 is 27.6 Å². The second-order valence-corrected chi connectivity index (χ2v) is 8.00. The highest BCUT2D eigenvalue weighted by atomic mass is 16.1. The highest BCUT2D eigenvalue weighted by Gasteiger charge is 2.18. The quantitative estimate of drug-likeness (QED) is 0.472. The molecule has 0 unspecified atom stereocenters. The van der Waals surface area contributed by atoms with Gasteiger partial charge in [-0.15, -0.1) is 0 Å². The van der Waals surface area contributed by atoms with E-state index in [1.54, 1.807) is 4.68 Å². The monoisotopic (exact) mass is 424 g/mol. The molecule has 160 valence electrons. The number of para-hydroxylation sites is 1. The number of aryl methyl sites for hydroxylation is 3. The zero-order chi connectivity index (χ0) is 22.4. The fourth-order valence-corrected chi connectivity index (χ4v) is 4.47. The van der Waals surface area contributed by atoms with Gasteiger partial charge in [0.15, 0.2) is 5.65 Å². The second-order valence-electron chi connectivity index (χ2n) is 8.00. The number of hydrogen-bond acceptors (Lipinski definition) is 5. The molecule has 7 heteroatoms. The van der Waals surface area contributed by atoms with Gasteiger partial charge in [-0.25, -0.2) is 14.6 Å². The molecule has 7 nitrogen and oxygen atoms in total. The molecular formula is C25H24N6O. The Morgan fingerprint density at radius 1 is 1.00 bits per heavy atom. The summed E-state index contributed by atoms with van der Waals surface area (Å²) in [5, 5.41) is 7.06. The molecule has 0 bridgehead atoms. The fraction of sp³-hybridized carbons (Fsp3) is 0.200. The summed E-state index contributed by atoms with van der Waals surface area (Å²) >= 11 is 0. The van der Waals surface area contributed by atoms with Gasteiger partial charge in [0.2, 0.25) is 0 Å². The molecule has 2 aromatic carbocycles. The average molecular weight is 425 g/mol. The first-order chi connectivity index (χ1) is 15.5. The molecule has 0 atom stereocenters. The molecule has 5 rings (SSSR count). The molecular weight excluding hydrogens is 400 g/mol. The van der Waals surface area contributed by atoms with Crippen LogP contribution in [0.15, 0.2) is 59.7 Å². The number of hydrogen-bond donors (Lipinski definition) is 1. The first-order valence-corrected chi connectivity index (χ1v) is 10.7. The normalized spacial score (nSPS) is 11.5. The van der Waals surface area contributed by atoms with Crippen LogP contribution in [0.2, 0.25) is 0 Å². The minimum atomic E-state index is -0.0289. The molecule has 2 N–H and O–H groups in total. The largest absolute Gasteiger partial charge is 0.383 e. The van der Waals surface area contributed by atoms with E-state index >= 15 is 0 Å². The number of rotatable bonds is 4. The average Bonchev–Trinajstić information content (AvgIpc) is 3.10. The lowest BCUT2D eigenvalue weighted by molar-refractivity contribution is 0.663. The van der Waals surface area contributed by atoms with Crippen molar-refractivity contribution < 1.29 is 0 Å². The third-order valence-electron chi connectivity index (χ3n) is 5.99. The fourth-order valence-electron chi connectivity index (χ4n) is 4.47. The minimum Gasteiger partial charge on any atom is -0.383 e. The summed E-state index contributed by atoms with van der Waals surface area (Å²) in [7, 11) is 0. The van der Waals surface area contributed by atoms with E-state index in [4.69, 9.17) is 5.73 Å². The Morgan fingerprint density at radius 2 is 1.81 bits per heavy atom. The molecule has 0 spiro atoms. The summed E-state index contributed by atoms with van der Waals surface area (Å²) in [6.07, 6.45) is 2.26. The van der Waals surface area contributed by atoms with E-state index in [-0.39, 0.29) is 5.56 Å². The maximum Gasteiger partial charge on any atom is 0.263 e. The highest BCUT2D eigenvalue weighted by molar-refractivity contribution is 5.88. The van der Waals surface area contributed by atoms with E-state index < -0.39 is 0 Å². The number of fused-ring (bicyclic) bond motifs is 2. The van der Waals surface area contributed by atoms with Crippen LogP contribution in [-0.2, 0) is 13.0 Å². The van der Waals surface area contributed by atoms with Gasteiger partial charge in [-0.1, -0.05) is 43.3 Å². The number of nitrogens with zero attached hydrogens (tertiary/aromatic N) is 5. The van der Waals surface area contributed by atoms with Gasteiger partial charge in [-0.05, 0) is 48.9 Å². The zero-order valence-corrected chi connectivity index (χ0v) is 18.3. The SMILES string of the molecule is CCc1ccccc1-n1c(Cn2nc(C)c3c(N)ncnc32)cc2cccc(C)c2c1=O. The lowest BCUT2D eigenvalue weighted by atomic mass is 10.0. The first-order valence-electron chi connectivity index (χ1n) is 10.7. The summed E-state index contributed by atoms with van der Waals surface area (Å²) in [6, 6.07) is 16.0. The molecule has 32 heavy (non-hydrogen) atoms. The lowest BCUT2D eigenvalue weighted by Gasteiger charge is -2.18. The van der Waals surface area contributed by atoms with Gasteiger partial charge < -0.3 is 5.73 Å². The molecule has 0 saturated heterocycles. The molecule has 3 aromatic heterocycles. The smallest absolute Gasteiger partial charge is 0.263 e. The number of nitrogens with two attached hydrogens (primary N) is 1. The van der Waals surface area contributed by atoms with Gasteiger partial charge in [-0.3, -0.25) is 9.36 Å². The number of aromatic nitrogens is 5. The van der Waals surface area contributed by atoms with Gasteiger partial charge >= 0.3 is 0 Å². The van der Waals surface area contributed by atoms with Crippen molar-refractivity contribution in [1.29, 1.82) is 0 Å². The third-order valence-corrected chi connectivity index (χ3v) is 5.99. The molecule has 0 aliphatic carbocycles. The van der Waals surface area contributed by atoms with Gasteiger partial charge in [-0.2, -0.15) is 5.10 Å². The predicted molar refractivity (Wildman–Crippen MR) is 127 cm³/mol. The van der Waals surface area contributed by atoms with Crippen molar-refractivity contribution in [1.82, 2.24) is 24.3 Å². The Balaban J connectivity index is 1.82. The van der Waals surface area contributed by atoms with Crippen molar-refractivity contribution in [2.45, 2.75) is 33.7 Å².